The number of hydrogen-bond acceptors (Lipinski definition) is 5. The maximum Gasteiger partial charge on any atom is 0.175 e. The molecule has 0 aliphatic carbocycles. The SMILES string of the molecule is Cc1nnc2n1-c1ccc(Br)cc1N(c1ccc(S(C)(=O)=O)cc1)C[C@H]2C. The maximum atomic E-state index is 11.8. The van der Waals surface area contributed by atoms with Crippen LogP contribution in [0.15, 0.2) is 51.8 Å². The van der Waals surface area contributed by atoms with Gasteiger partial charge in [0.2, 0.25) is 0 Å². The smallest absolute Gasteiger partial charge is 0.175 e. The third-order valence-electron chi connectivity index (χ3n) is 4.79. The van der Waals surface area contributed by atoms with Crippen LogP contribution in [0.1, 0.15) is 24.5 Å². The molecule has 8 heteroatoms. The summed E-state index contributed by atoms with van der Waals surface area (Å²) in [6.07, 6.45) is 1.22. The molecule has 0 bridgehead atoms. The number of rotatable bonds is 2. The number of nitrogens with zero attached hydrogens (tertiary/aromatic N) is 4. The summed E-state index contributed by atoms with van der Waals surface area (Å²) in [5.74, 6) is 1.91. The van der Waals surface area contributed by atoms with Gasteiger partial charge in [0.05, 0.1) is 16.3 Å². The van der Waals surface area contributed by atoms with Crippen LogP contribution in [0, 0.1) is 6.92 Å². The summed E-state index contributed by atoms with van der Waals surface area (Å²) >= 11 is 3.57. The Morgan fingerprint density at radius 1 is 1.07 bits per heavy atom. The molecule has 27 heavy (non-hydrogen) atoms. The number of anilines is 2. The summed E-state index contributed by atoms with van der Waals surface area (Å²) in [5, 5.41) is 8.65. The summed E-state index contributed by atoms with van der Waals surface area (Å²) in [7, 11) is -3.22. The maximum absolute atomic E-state index is 11.8. The fourth-order valence-electron chi connectivity index (χ4n) is 3.47. The van der Waals surface area contributed by atoms with Gasteiger partial charge in [-0.3, -0.25) is 4.57 Å². The number of aryl methyl sites for hydroxylation is 1. The lowest BCUT2D eigenvalue weighted by molar-refractivity contribution is 0.602. The van der Waals surface area contributed by atoms with Crippen LogP contribution >= 0.6 is 15.9 Å². The molecule has 0 N–H and O–H groups in total. The second kappa shape index (κ2) is 6.45. The van der Waals surface area contributed by atoms with Gasteiger partial charge in [-0.25, -0.2) is 8.42 Å². The van der Waals surface area contributed by atoms with Crippen LogP contribution in [-0.4, -0.2) is 36.0 Å². The minimum absolute atomic E-state index is 0.145. The van der Waals surface area contributed by atoms with E-state index in [0.29, 0.717) is 11.4 Å². The van der Waals surface area contributed by atoms with Gasteiger partial charge in [0, 0.05) is 28.9 Å². The van der Waals surface area contributed by atoms with Crippen molar-refractivity contribution < 1.29 is 8.42 Å². The van der Waals surface area contributed by atoms with E-state index in [0.717, 1.165) is 33.2 Å². The molecular formula is C19H19BrN4O2S. The van der Waals surface area contributed by atoms with Gasteiger partial charge in [0.1, 0.15) is 11.6 Å². The Morgan fingerprint density at radius 3 is 2.44 bits per heavy atom. The van der Waals surface area contributed by atoms with E-state index in [1.165, 1.54) is 6.26 Å². The first-order valence-corrected chi connectivity index (χ1v) is 11.2. The normalized spacial score (nSPS) is 16.6. The van der Waals surface area contributed by atoms with Crippen LogP contribution in [0.2, 0.25) is 0 Å². The summed E-state index contributed by atoms with van der Waals surface area (Å²) < 4.78 is 26.6. The highest BCUT2D eigenvalue weighted by Crippen LogP contribution is 2.39. The fraction of sp³-hybridized carbons (Fsp3) is 0.263. The molecule has 1 atom stereocenters. The molecule has 2 heterocycles. The Bertz CT molecular complexity index is 1120. The first-order chi connectivity index (χ1) is 12.8. The predicted molar refractivity (Wildman–Crippen MR) is 109 cm³/mol. The summed E-state index contributed by atoms with van der Waals surface area (Å²) in [6, 6.07) is 13.1. The van der Waals surface area contributed by atoms with Crippen LogP contribution in [0.5, 0.6) is 0 Å². The molecule has 2 aromatic carbocycles. The standard InChI is InChI=1S/C19H19BrN4O2S/c1-12-11-23(15-5-7-16(8-6-15)27(3,25)26)18-10-14(20)4-9-17(18)24-13(2)21-22-19(12)24/h4-10,12H,11H2,1-3H3/t12-/m1/s1. The van der Waals surface area contributed by atoms with E-state index in [9.17, 15) is 8.42 Å². The summed E-state index contributed by atoms with van der Waals surface area (Å²) in [4.78, 5) is 2.52. The van der Waals surface area contributed by atoms with Crippen molar-refractivity contribution >= 4 is 37.1 Å². The lowest BCUT2D eigenvalue weighted by atomic mass is 10.1. The van der Waals surface area contributed by atoms with Crippen LogP contribution in [0.25, 0.3) is 5.69 Å². The van der Waals surface area contributed by atoms with Gasteiger partial charge in [-0.05, 0) is 49.4 Å². The number of hydrogen-bond donors (Lipinski definition) is 0. The average molecular weight is 447 g/mol. The molecule has 0 radical (unpaired) electrons. The van der Waals surface area contributed by atoms with Gasteiger partial charge in [-0.2, -0.15) is 0 Å². The van der Waals surface area contributed by atoms with E-state index in [2.05, 4.69) is 54.7 Å². The summed E-state index contributed by atoms with van der Waals surface area (Å²) in [6.45, 7) is 4.78. The van der Waals surface area contributed by atoms with Gasteiger partial charge in [0.15, 0.2) is 9.84 Å². The van der Waals surface area contributed by atoms with Crippen molar-refractivity contribution in [2.24, 2.45) is 0 Å². The van der Waals surface area contributed by atoms with Gasteiger partial charge in [-0.1, -0.05) is 22.9 Å². The molecule has 0 saturated carbocycles. The van der Waals surface area contributed by atoms with E-state index in [1.807, 2.05) is 25.1 Å². The largest absolute Gasteiger partial charge is 0.339 e. The Balaban J connectivity index is 1.90. The molecule has 1 aliphatic rings. The Hall–Kier alpha value is -2.19. The minimum atomic E-state index is -3.22. The Labute approximate surface area is 166 Å². The number of aromatic nitrogens is 3. The van der Waals surface area contributed by atoms with Crippen LogP contribution in [0.4, 0.5) is 11.4 Å². The lowest BCUT2D eigenvalue weighted by Gasteiger charge is -2.27. The number of halogens is 1. The number of sulfone groups is 1. The average Bonchev–Trinajstić information content (AvgIpc) is 2.95. The van der Waals surface area contributed by atoms with Crippen molar-refractivity contribution in [3.8, 4) is 5.69 Å². The van der Waals surface area contributed by atoms with Crippen molar-refractivity contribution in [3.05, 3.63) is 58.6 Å². The van der Waals surface area contributed by atoms with Crippen LogP contribution in [-0.2, 0) is 9.84 Å². The third kappa shape index (κ3) is 3.17. The van der Waals surface area contributed by atoms with Crippen molar-refractivity contribution in [3.63, 3.8) is 0 Å². The van der Waals surface area contributed by atoms with E-state index >= 15 is 0 Å². The third-order valence-corrected chi connectivity index (χ3v) is 6.41. The molecule has 0 amide bonds. The lowest BCUT2D eigenvalue weighted by Crippen LogP contribution is -2.22. The molecular weight excluding hydrogens is 428 g/mol. The Morgan fingerprint density at radius 2 is 1.78 bits per heavy atom. The highest BCUT2D eigenvalue weighted by molar-refractivity contribution is 9.10. The van der Waals surface area contributed by atoms with Crippen LogP contribution < -0.4 is 4.90 Å². The zero-order valence-electron chi connectivity index (χ0n) is 15.2. The van der Waals surface area contributed by atoms with E-state index < -0.39 is 9.84 Å². The first kappa shape index (κ1) is 18.2. The van der Waals surface area contributed by atoms with Gasteiger partial charge in [0.25, 0.3) is 0 Å². The molecule has 0 spiro atoms. The molecule has 3 aromatic rings. The van der Waals surface area contributed by atoms with Crippen molar-refractivity contribution in [2.45, 2.75) is 24.7 Å². The molecule has 6 nitrogen and oxygen atoms in total. The highest BCUT2D eigenvalue weighted by atomic mass is 79.9. The van der Waals surface area contributed by atoms with Crippen LogP contribution in [0.3, 0.4) is 0 Å². The monoisotopic (exact) mass is 446 g/mol. The van der Waals surface area contributed by atoms with E-state index in [1.54, 1.807) is 12.1 Å². The highest BCUT2D eigenvalue weighted by Gasteiger charge is 2.28. The molecule has 0 unspecified atom stereocenters. The van der Waals surface area contributed by atoms with E-state index in [4.69, 9.17) is 0 Å². The summed E-state index contributed by atoms with van der Waals surface area (Å²) in [5.41, 5.74) is 2.96. The first-order valence-electron chi connectivity index (χ1n) is 8.55. The minimum Gasteiger partial charge on any atom is -0.339 e. The Kier molecular flexibility index (Phi) is 4.35. The molecule has 0 fully saturated rings. The predicted octanol–water partition coefficient (Wildman–Crippen LogP) is 4.00. The quantitative estimate of drug-likeness (QED) is 0.594. The van der Waals surface area contributed by atoms with Gasteiger partial charge >= 0.3 is 0 Å². The fourth-order valence-corrected chi connectivity index (χ4v) is 4.45. The second-order valence-corrected chi connectivity index (χ2v) is 9.78. The topological polar surface area (TPSA) is 68.1 Å². The van der Waals surface area contributed by atoms with Gasteiger partial charge in [-0.15, -0.1) is 10.2 Å². The van der Waals surface area contributed by atoms with E-state index in [-0.39, 0.29) is 5.92 Å². The van der Waals surface area contributed by atoms with Crippen molar-refractivity contribution in [1.82, 2.24) is 14.8 Å². The van der Waals surface area contributed by atoms with Gasteiger partial charge < -0.3 is 4.90 Å². The molecule has 4 rings (SSSR count). The molecule has 1 aliphatic heterocycles. The zero-order valence-corrected chi connectivity index (χ0v) is 17.6. The molecule has 140 valence electrons. The molecule has 0 saturated heterocycles. The number of benzene rings is 2. The second-order valence-electron chi connectivity index (χ2n) is 6.85. The number of fused-ring (bicyclic) bond motifs is 3. The zero-order chi connectivity index (χ0) is 19.3. The van der Waals surface area contributed by atoms with Crippen molar-refractivity contribution in [2.75, 3.05) is 17.7 Å². The van der Waals surface area contributed by atoms with Crippen molar-refractivity contribution in [1.29, 1.82) is 0 Å². The molecule has 1 aromatic heterocycles.